The minimum atomic E-state index is -0.194. The van der Waals surface area contributed by atoms with Crippen molar-refractivity contribution in [2.45, 2.75) is 29.4 Å². The minimum absolute atomic E-state index is 0.0970. The Balaban J connectivity index is 1.29. The lowest BCUT2D eigenvalue weighted by molar-refractivity contribution is -0.117. The standard InChI is InChI=1S/C18H17N5O2S3/c24-14(9-13-11-26-17(19-13)23-8-4-7-15(23)25)20-16-21-22-18(28-16)27-10-12-5-2-1-3-6-12/h1-3,5-6,11H,4,7-10H2,(H,20,21,24). The van der Waals surface area contributed by atoms with Crippen LogP contribution in [0.3, 0.4) is 0 Å². The van der Waals surface area contributed by atoms with Crippen LogP contribution < -0.4 is 10.2 Å². The maximum absolute atomic E-state index is 12.3. The molecule has 1 aliphatic heterocycles. The number of nitrogens with zero attached hydrogens (tertiary/aromatic N) is 4. The Kier molecular flexibility index (Phi) is 5.98. The Labute approximate surface area is 174 Å². The second kappa shape index (κ2) is 8.80. The second-order valence-electron chi connectivity index (χ2n) is 6.14. The summed E-state index contributed by atoms with van der Waals surface area (Å²) in [5, 5.41) is 13.9. The number of aromatic nitrogens is 3. The molecule has 1 saturated heterocycles. The Bertz CT molecular complexity index is 973. The Hall–Kier alpha value is -2.30. The molecule has 1 aliphatic rings. The van der Waals surface area contributed by atoms with Crippen LogP contribution in [-0.2, 0) is 21.8 Å². The predicted molar refractivity (Wildman–Crippen MR) is 112 cm³/mol. The Morgan fingerprint density at radius 3 is 2.89 bits per heavy atom. The molecule has 3 aromatic rings. The lowest BCUT2D eigenvalue weighted by atomic mass is 10.2. The molecule has 2 aromatic heterocycles. The Morgan fingerprint density at radius 1 is 1.25 bits per heavy atom. The minimum Gasteiger partial charge on any atom is -0.300 e. The van der Waals surface area contributed by atoms with Gasteiger partial charge in [0.25, 0.3) is 0 Å². The van der Waals surface area contributed by atoms with Gasteiger partial charge in [0.05, 0.1) is 12.1 Å². The molecule has 28 heavy (non-hydrogen) atoms. The van der Waals surface area contributed by atoms with Crippen molar-refractivity contribution >= 4 is 56.5 Å². The highest BCUT2D eigenvalue weighted by Gasteiger charge is 2.24. The van der Waals surface area contributed by atoms with E-state index in [2.05, 4.69) is 32.6 Å². The largest absolute Gasteiger partial charge is 0.300 e. The summed E-state index contributed by atoms with van der Waals surface area (Å²) < 4.78 is 0.808. The molecule has 1 aromatic carbocycles. The first-order chi connectivity index (χ1) is 13.7. The highest BCUT2D eigenvalue weighted by atomic mass is 32.2. The van der Waals surface area contributed by atoms with E-state index in [1.807, 2.05) is 23.6 Å². The zero-order chi connectivity index (χ0) is 19.3. The fourth-order valence-corrected chi connectivity index (χ4v) is 5.31. The number of benzene rings is 1. The van der Waals surface area contributed by atoms with Crippen LogP contribution in [0.25, 0.3) is 0 Å². The molecule has 0 radical (unpaired) electrons. The van der Waals surface area contributed by atoms with Crippen LogP contribution in [0.15, 0.2) is 40.1 Å². The van der Waals surface area contributed by atoms with Gasteiger partial charge in [-0.1, -0.05) is 53.4 Å². The summed E-state index contributed by atoms with van der Waals surface area (Å²) in [6.45, 7) is 0.701. The van der Waals surface area contributed by atoms with Crippen molar-refractivity contribution in [3.05, 3.63) is 47.0 Å². The fourth-order valence-electron chi connectivity index (χ4n) is 2.72. The highest BCUT2D eigenvalue weighted by Crippen LogP contribution is 2.29. The lowest BCUT2D eigenvalue weighted by Gasteiger charge is -2.10. The molecule has 0 unspecified atom stereocenters. The smallest absolute Gasteiger partial charge is 0.232 e. The molecule has 2 amide bonds. The van der Waals surface area contributed by atoms with Gasteiger partial charge in [-0.25, -0.2) is 4.98 Å². The first-order valence-corrected chi connectivity index (χ1v) is 11.4. The second-order valence-corrected chi connectivity index (χ2v) is 9.18. The number of nitrogens with one attached hydrogen (secondary N) is 1. The molecule has 7 nitrogen and oxygen atoms in total. The number of anilines is 2. The van der Waals surface area contributed by atoms with E-state index >= 15 is 0 Å². The van der Waals surface area contributed by atoms with Crippen LogP contribution in [0.1, 0.15) is 24.1 Å². The van der Waals surface area contributed by atoms with Gasteiger partial charge in [-0.15, -0.1) is 21.5 Å². The van der Waals surface area contributed by atoms with E-state index in [4.69, 9.17) is 0 Å². The average molecular weight is 432 g/mol. The van der Waals surface area contributed by atoms with Gasteiger partial charge in [0.1, 0.15) is 0 Å². The molecule has 0 bridgehead atoms. The molecule has 0 atom stereocenters. The van der Waals surface area contributed by atoms with Gasteiger partial charge in [-0.3, -0.25) is 14.5 Å². The maximum atomic E-state index is 12.3. The van der Waals surface area contributed by atoms with E-state index < -0.39 is 0 Å². The summed E-state index contributed by atoms with van der Waals surface area (Å²) >= 11 is 4.34. The van der Waals surface area contributed by atoms with E-state index in [1.165, 1.54) is 28.2 Å². The van der Waals surface area contributed by atoms with Gasteiger partial charge < -0.3 is 5.32 Å². The molecule has 4 rings (SSSR count). The number of carbonyl (C=O) groups excluding carboxylic acids is 2. The number of hydrogen-bond acceptors (Lipinski definition) is 8. The third kappa shape index (κ3) is 4.75. The third-order valence-corrected chi connectivity index (χ3v) is 7.00. The van der Waals surface area contributed by atoms with Crippen molar-refractivity contribution in [2.24, 2.45) is 0 Å². The van der Waals surface area contributed by atoms with Crippen LogP contribution in [-0.4, -0.2) is 33.5 Å². The zero-order valence-corrected chi connectivity index (χ0v) is 17.3. The van der Waals surface area contributed by atoms with E-state index in [0.717, 1.165) is 16.5 Å². The van der Waals surface area contributed by atoms with E-state index in [1.54, 1.807) is 16.7 Å². The van der Waals surface area contributed by atoms with Crippen molar-refractivity contribution in [1.29, 1.82) is 0 Å². The molecule has 10 heteroatoms. The molecular formula is C18H17N5O2S3. The van der Waals surface area contributed by atoms with E-state index in [9.17, 15) is 9.59 Å². The molecular weight excluding hydrogens is 414 g/mol. The number of thioether (sulfide) groups is 1. The highest BCUT2D eigenvalue weighted by molar-refractivity contribution is 8.00. The molecule has 1 N–H and O–H groups in total. The van der Waals surface area contributed by atoms with Gasteiger partial charge in [-0.2, -0.15) is 0 Å². The third-order valence-electron chi connectivity index (χ3n) is 4.04. The van der Waals surface area contributed by atoms with Crippen molar-refractivity contribution < 1.29 is 9.59 Å². The van der Waals surface area contributed by atoms with E-state index in [-0.39, 0.29) is 18.2 Å². The quantitative estimate of drug-likeness (QED) is 0.454. The summed E-state index contributed by atoms with van der Waals surface area (Å²) in [5.41, 5.74) is 1.87. The van der Waals surface area contributed by atoms with Gasteiger partial charge in [0.2, 0.25) is 16.9 Å². The first-order valence-electron chi connectivity index (χ1n) is 8.72. The van der Waals surface area contributed by atoms with E-state index in [0.29, 0.717) is 28.9 Å². The number of amides is 2. The van der Waals surface area contributed by atoms with Crippen LogP contribution in [0.4, 0.5) is 10.3 Å². The molecule has 3 heterocycles. The summed E-state index contributed by atoms with van der Waals surface area (Å²) in [4.78, 5) is 30.2. The summed E-state index contributed by atoms with van der Waals surface area (Å²) in [6.07, 6.45) is 1.57. The average Bonchev–Trinajstić information content (AvgIpc) is 3.42. The molecule has 144 valence electrons. The van der Waals surface area contributed by atoms with Gasteiger partial charge in [0.15, 0.2) is 9.47 Å². The monoisotopic (exact) mass is 431 g/mol. The van der Waals surface area contributed by atoms with Crippen molar-refractivity contribution in [3.8, 4) is 0 Å². The van der Waals surface area contributed by atoms with Gasteiger partial charge in [-0.05, 0) is 12.0 Å². The van der Waals surface area contributed by atoms with Crippen molar-refractivity contribution in [1.82, 2.24) is 15.2 Å². The number of rotatable bonds is 7. The van der Waals surface area contributed by atoms with Crippen molar-refractivity contribution in [2.75, 3.05) is 16.8 Å². The van der Waals surface area contributed by atoms with Crippen LogP contribution in [0.5, 0.6) is 0 Å². The SMILES string of the molecule is O=C(Cc1csc(N2CCCC2=O)n1)Nc1nnc(SCc2ccccc2)s1. The first kappa shape index (κ1) is 19.0. The topological polar surface area (TPSA) is 88.1 Å². The van der Waals surface area contributed by atoms with Crippen LogP contribution >= 0.6 is 34.4 Å². The van der Waals surface area contributed by atoms with Gasteiger partial charge in [0, 0.05) is 24.1 Å². The summed E-state index contributed by atoms with van der Waals surface area (Å²) in [7, 11) is 0. The predicted octanol–water partition coefficient (Wildman–Crippen LogP) is 3.59. The number of hydrogen-bond donors (Lipinski definition) is 1. The molecule has 0 saturated carbocycles. The molecule has 1 fully saturated rings. The molecule has 0 spiro atoms. The number of carbonyl (C=O) groups is 2. The fraction of sp³-hybridized carbons (Fsp3) is 0.278. The normalized spacial score (nSPS) is 13.9. The van der Waals surface area contributed by atoms with Crippen LogP contribution in [0.2, 0.25) is 0 Å². The number of thiazole rings is 1. The maximum Gasteiger partial charge on any atom is 0.232 e. The Morgan fingerprint density at radius 2 is 2.11 bits per heavy atom. The van der Waals surface area contributed by atoms with Gasteiger partial charge >= 0.3 is 0 Å². The summed E-state index contributed by atoms with van der Waals surface area (Å²) in [6, 6.07) is 10.1. The zero-order valence-electron chi connectivity index (χ0n) is 14.8. The van der Waals surface area contributed by atoms with Crippen molar-refractivity contribution in [3.63, 3.8) is 0 Å². The molecule has 0 aliphatic carbocycles. The lowest BCUT2D eigenvalue weighted by Crippen LogP contribution is -2.23. The summed E-state index contributed by atoms with van der Waals surface area (Å²) in [5.74, 6) is 0.709. The van der Waals surface area contributed by atoms with Crippen LogP contribution in [0, 0.1) is 0 Å².